The number of piperidine rings is 1. The quantitative estimate of drug-likeness (QED) is 0.702. The lowest BCUT2D eigenvalue weighted by Gasteiger charge is -2.26. The van der Waals surface area contributed by atoms with Gasteiger partial charge in [-0.05, 0) is 58.3 Å². The van der Waals surface area contributed by atoms with Gasteiger partial charge in [-0.2, -0.15) is 0 Å². The number of carbonyl (C=O) groups is 1. The Morgan fingerprint density at radius 1 is 1.05 bits per heavy atom. The molecule has 1 aliphatic heterocycles. The summed E-state index contributed by atoms with van der Waals surface area (Å²) in [6.07, 6.45) is 8.52. The average molecular weight is 315 g/mol. The molecule has 0 aromatic heterocycles. The maximum atomic E-state index is 10.1. The highest BCUT2D eigenvalue weighted by Gasteiger charge is 2.08. The fourth-order valence-corrected chi connectivity index (χ4v) is 2.07. The molecular weight excluding hydrogens is 272 g/mol. The van der Waals surface area contributed by atoms with Gasteiger partial charge in [0.15, 0.2) is 0 Å². The van der Waals surface area contributed by atoms with Crippen LogP contribution in [0.3, 0.4) is 0 Å². The molecule has 0 saturated carbocycles. The van der Waals surface area contributed by atoms with Gasteiger partial charge >= 0.3 is 0 Å². The molecule has 0 aromatic rings. The molecule has 0 bridgehead atoms. The van der Waals surface area contributed by atoms with E-state index in [0.717, 1.165) is 12.5 Å². The van der Waals surface area contributed by atoms with Crippen molar-refractivity contribution in [3.8, 4) is 0 Å². The van der Waals surface area contributed by atoms with Crippen LogP contribution in [0.25, 0.3) is 0 Å². The van der Waals surface area contributed by atoms with Crippen LogP contribution in [0.1, 0.15) is 80.1 Å². The van der Waals surface area contributed by atoms with E-state index in [1.165, 1.54) is 58.2 Å². The summed E-state index contributed by atoms with van der Waals surface area (Å²) >= 11 is 0. The van der Waals surface area contributed by atoms with Gasteiger partial charge in [-0.25, -0.2) is 0 Å². The van der Waals surface area contributed by atoms with Crippen LogP contribution < -0.4 is 5.32 Å². The standard InChI is InChI=1S/C10H21N.C5H11NO.C4H10/c1-2-3-5-8-11-9-6-4-7-10-11;1-3-6-4-5(2)7;1-4(2)3/h2-10H2,1H3;6H,3-4H2,1-2H3;4H,1-3H3. The summed E-state index contributed by atoms with van der Waals surface area (Å²) in [6.45, 7) is 17.8. The average Bonchev–Trinajstić information content (AvgIpc) is 2.46. The molecule has 22 heavy (non-hydrogen) atoms. The van der Waals surface area contributed by atoms with Crippen molar-refractivity contribution in [1.82, 2.24) is 10.2 Å². The second kappa shape index (κ2) is 18.6. The maximum Gasteiger partial charge on any atom is 0.143 e. The molecule has 1 N–H and O–H groups in total. The molecular formula is C19H42N2O. The maximum absolute atomic E-state index is 10.1. The van der Waals surface area contributed by atoms with Crippen molar-refractivity contribution in [3.05, 3.63) is 0 Å². The molecule has 1 rings (SSSR count). The van der Waals surface area contributed by atoms with Crippen molar-refractivity contribution < 1.29 is 4.79 Å². The Bertz CT molecular complexity index is 221. The lowest BCUT2D eigenvalue weighted by Crippen LogP contribution is -2.30. The molecule has 134 valence electrons. The third kappa shape index (κ3) is 24.6. The lowest BCUT2D eigenvalue weighted by molar-refractivity contribution is -0.116. The monoisotopic (exact) mass is 314 g/mol. The van der Waals surface area contributed by atoms with Gasteiger partial charge in [0, 0.05) is 0 Å². The summed E-state index contributed by atoms with van der Waals surface area (Å²) in [6, 6.07) is 0. The second-order valence-electron chi connectivity index (χ2n) is 6.82. The van der Waals surface area contributed by atoms with Gasteiger partial charge in [0.2, 0.25) is 0 Å². The number of carbonyl (C=O) groups excluding carboxylic acids is 1. The molecule has 1 saturated heterocycles. The van der Waals surface area contributed by atoms with E-state index in [-0.39, 0.29) is 5.78 Å². The fourth-order valence-electron chi connectivity index (χ4n) is 2.07. The number of unbranched alkanes of at least 4 members (excludes halogenated alkanes) is 2. The summed E-state index contributed by atoms with van der Waals surface area (Å²) < 4.78 is 0. The van der Waals surface area contributed by atoms with E-state index >= 15 is 0 Å². The topological polar surface area (TPSA) is 32.3 Å². The van der Waals surface area contributed by atoms with E-state index in [2.05, 4.69) is 37.9 Å². The van der Waals surface area contributed by atoms with Gasteiger partial charge in [0.1, 0.15) is 5.78 Å². The van der Waals surface area contributed by atoms with Crippen LogP contribution in [0, 0.1) is 5.92 Å². The van der Waals surface area contributed by atoms with Gasteiger partial charge in [-0.15, -0.1) is 0 Å². The van der Waals surface area contributed by atoms with Gasteiger partial charge in [-0.1, -0.05) is 53.9 Å². The number of hydrogen-bond acceptors (Lipinski definition) is 3. The zero-order chi connectivity index (χ0) is 17.2. The van der Waals surface area contributed by atoms with Crippen molar-refractivity contribution >= 4 is 5.78 Å². The Labute approximate surface area is 140 Å². The minimum atomic E-state index is 0.196. The van der Waals surface area contributed by atoms with Gasteiger partial charge in [0.05, 0.1) is 6.54 Å². The van der Waals surface area contributed by atoms with E-state index in [4.69, 9.17) is 0 Å². The van der Waals surface area contributed by atoms with Gasteiger partial charge in [-0.3, -0.25) is 4.79 Å². The largest absolute Gasteiger partial charge is 0.310 e. The molecule has 0 aromatic carbocycles. The van der Waals surface area contributed by atoms with E-state index in [0.29, 0.717) is 6.54 Å². The Balaban J connectivity index is 0. The van der Waals surface area contributed by atoms with Crippen LogP contribution in [0.15, 0.2) is 0 Å². The third-order valence-electron chi connectivity index (χ3n) is 3.15. The Morgan fingerprint density at radius 3 is 1.95 bits per heavy atom. The normalized spacial score (nSPS) is 14.7. The number of Topliss-reactive ketones (excluding diaryl/α,β-unsaturated/α-hetero) is 1. The van der Waals surface area contributed by atoms with Crippen molar-refractivity contribution in [2.75, 3.05) is 32.7 Å². The number of likely N-dealkylation sites (N-methyl/N-ethyl adjacent to an activating group) is 1. The Morgan fingerprint density at radius 2 is 1.59 bits per heavy atom. The summed E-state index contributed by atoms with van der Waals surface area (Å²) in [7, 11) is 0. The van der Waals surface area contributed by atoms with E-state index in [1.807, 2.05) is 6.92 Å². The highest BCUT2D eigenvalue weighted by atomic mass is 16.1. The number of nitrogens with zero attached hydrogens (tertiary/aromatic N) is 1. The minimum Gasteiger partial charge on any atom is -0.310 e. The van der Waals surface area contributed by atoms with Crippen molar-refractivity contribution in [2.45, 2.75) is 80.1 Å². The molecule has 1 heterocycles. The van der Waals surface area contributed by atoms with Gasteiger partial charge < -0.3 is 10.2 Å². The Hall–Kier alpha value is -0.410. The first-order chi connectivity index (χ1) is 10.4. The summed E-state index contributed by atoms with van der Waals surface area (Å²) in [5, 5.41) is 2.90. The lowest BCUT2D eigenvalue weighted by atomic mass is 10.1. The van der Waals surface area contributed by atoms with E-state index in [1.54, 1.807) is 6.92 Å². The van der Waals surface area contributed by atoms with Crippen molar-refractivity contribution in [1.29, 1.82) is 0 Å². The number of likely N-dealkylation sites (tertiary alicyclic amines) is 1. The summed E-state index contributed by atoms with van der Waals surface area (Å²) in [5.41, 5.74) is 0. The highest BCUT2D eigenvalue weighted by Crippen LogP contribution is 2.09. The first-order valence-corrected chi connectivity index (χ1v) is 9.36. The van der Waals surface area contributed by atoms with E-state index in [9.17, 15) is 4.79 Å². The molecule has 0 spiro atoms. The third-order valence-corrected chi connectivity index (χ3v) is 3.15. The molecule has 1 fully saturated rings. The molecule has 0 radical (unpaired) electrons. The first-order valence-electron chi connectivity index (χ1n) is 9.36. The number of hydrogen-bond donors (Lipinski definition) is 1. The zero-order valence-electron chi connectivity index (χ0n) is 16.2. The van der Waals surface area contributed by atoms with Crippen LogP contribution in [0.4, 0.5) is 0 Å². The predicted octanol–water partition coefficient (Wildman–Crippen LogP) is 4.51. The smallest absolute Gasteiger partial charge is 0.143 e. The fraction of sp³-hybridized carbons (Fsp3) is 0.947. The van der Waals surface area contributed by atoms with Crippen LogP contribution in [-0.4, -0.2) is 43.4 Å². The van der Waals surface area contributed by atoms with Crippen LogP contribution in [-0.2, 0) is 4.79 Å². The SMILES string of the molecule is CC(C)C.CCCCCN1CCCCC1.CCNCC(C)=O. The Kier molecular flexibility index (Phi) is 20.2. The van der Waals surface area contributed by atoms with Crippen LogP contribution in [0.2, 0.25) is 0 Å². The summed E-state index contributed by atoms with van der Waals surface area (Å²) in [5.74, 6) is 1.03. The summed E-state index contributed by atoms with van der Waals surface area (Å²) in [4.78, 5) is 12.8. The van der Waals surface area contributed by atoms with E-state index < -0.39 is 0 Å². The highest BCUT2D eigenvalue weighted by molar-refractivity contribution is 5.77. The first kappa shape index (κ1) is 23.9. The molecule has 3 heteroatoms. The molecule has 3 nitrogen and oxygen atoms in total. The number of ketones is 1. The van der Waals surface area contributed by atoms with Gasteiger partial charge in [0.25, 0.3) is 0 Å². The number of nitrogens with one attached hydrogen (secondary N) is 1. The predicted molar refractivity (Wildman–Crippen MR) is 99.6 cm³/mol. The molecule has 0 atom stereocenters. The zero-order valence-corrected chi connectivity index (χ0v) is 16.2. The van der Waals surface area contributed by atoms with Crippen LogP contribution in [0.5, 0.6) is 0 Å². The van der Waals surface area contributed by atoms with Crippen LogP contribution >= 0.6 is 0 Å². The number of rotatable bonds is 7. The molecule has 1 aliphatic rings. The van der Waals surface area contributed by atoms with Crippen molar-refractivity contribution in [3.63, 3.8) is 0 Å². The minimum absolute atomic E-state index is 0.196. The molecule has 0 aliphatic carbocycles. The van der Waals surface area contributed by atoms with Crippen molar-refractivity contribution in [2.24, 2.45) is 5.92 Å². The second-order valence-corrected chi connectivity index (χ2v) is 6.82. The molecule has 0 unspecified atom stereocenters. The molecule has 0 amide bonds.